The highest BCUT2D eigenvalue weighted by Crippen LogP contribution is 2.18. The molecule has 0 atom stereocenters. The van der Waals surface area contributed by atoms with Gasteiger partial charge in [0.05, 0.1) is 13.2 Å². The predicted molar refractivity (Wildman–Crippen MR) is 205 cm³/mol. The number of aliphatic hydroxyl groups excluding tert-OH is 1. The number of ether oxygens (including phenoxy) is 2. The Kier molecular flexibility index (Phi) is 37.7. The van der Waals surface area contributed by atoms with E-state index < -0.39 is 0 Å². The van der Waals surface area contributed by atoms with Crippen LogP contribution < -0.4 is 0 Å². The molecular weight excluding hydrogens is 598 g/mol. The van der Waals surface area contributed by atoms with Crippen molar-refractivity contribution in [2.24, 2.45) is 0 Å². The molecule has 0 aromatic carbocycles. The van der Waals surface area contributed by atoms with Gasteiger partial charge in [-0.3, -0.25) is 9.59 Å². The zero-order chi connectivity index (χ0) is 35.2. The van der Waals surface area contributed by atoms with E-state index in [0.717, 1.165) is 96.7 Å². The van der Waals surface area contributed by atoms with Crippen LogP contribution in [0.15, 0.2) is 0 Å². The minimum absolute atomic E-state index is 0.0131. The number of unbranched alkanes of at least 4 members (excludes halogenated alkanes) is 22. The van der Waals surface area contributed by atoms with Crippen molar-refractivity contribution in [3.05, 3.63) is 0 Å². The Morgan fingerprint density at radius 3 is 1.35 bits per heavy atom. The summed E-state index contributed by atoms with van der Waals surface area (Å²) < 4.78 is 11.4. The Bertz CT molecular complexity index is 656. The van der Waals surface area contributed by atoms with Gasteiger partial charge in [-0.05, 0) is 70.9 Å². The summed E-state index contributed by atoms with van der Waals surface area (Å²) >= 11 is 0. The van der Waals surface area contributed by atoms with Gasteiger partial charge in [-0.25, -0.2) is 0 Å². The normalized spacial score (nSPS) is 11.5. The van der Waals surface area contributed by atoms with Crippen molar-refractivity contribution in [3.8, 4) is 0 Å². The summed E-state index contributed by atoms with van der Waals surface area (Å²) in [4.78, 5) is 26.9. The van der Waals surface area contributed by atoms with Crippen LogP contribution in [0.2, 0.25) is 0 Å². The van der Waals surface area contributed by atoms with E-state index in [9.17, 15) is 14.7 Å². The number of hydrogen-bond acceptors (Lipinski definition) is 6. The van der Waals surface area contributed by atoms with E-state index in [1.54, 1.807) is 0 Å². The van der Waals surface area contributed by atoms with Gasteiger partial charge >= 0.3 is 11.9 Å². The third-order valence-corrected chi connectivity index (χ3v) is 9.70. The summed E-state index contributed by atoms with van der Waals surface area (Å²) in [5, 5.41) is 9.52. The minimum Gasteiger partial charge on any atom is -0.466 e. The fourth-order valence-corrected chi connectivity index (χ4v) is 6.52. The van der Waals surface area contributed by atoms with Gasteiger partial charge in [0.15, 0.2) is 0 Å². The standard InChI is InChI=1S/C42H83NO5/c1-4-7-10-13-17-24-31-40(32-25-18-14-11-8-5-2)48-42(46)34-27-20-16-22-29-36-43(37-38-44)35-28-21-15-19-26-33-41(45)47-39-30-23-12-9-6-3/h40,44H,4-39H2,1-3H3. The Labute approximate surface area is 299 Å². The van der Waals surface area contributed by atoms with Crippen molar-refractivity contribution >= 4 is 11.9 Å². The number of esters is 2. The van der Waals surface area contributed by atoms with Gasteiger partial charge in [0.2, 0.25) is 0 Å². The van der Waals surface area contributed by atoms with Gasteiger partial charge in [-0.2, -0.15) is 0 Å². The van der Waals surface area contributed by atoms with Gasteiger partial charge < -0.3 is 19.5 Å². The summed E-state index contributed by atoms with van der Waals surface area (Å²) in [7, 11) is 0. The number of aliphatic hydroxyl groups is 1. The summed E-state index contributed by atoms with van der Waals surface area (Å²) in [6.07, 6.45) is 35.5. The molecule has 0 amide bonds. The molecule has 0 radical (unpaired) electrons. The van der Waals surface area contributed by atoms with Crippen LogP contribution in [0.25, 0.3) is 0 Å². The zero-order valence-electron chi connectivity index (χ0n) is 32.6. The molecule has 0 aromatic heterocycles. The molecule has 0 saturated heterocycles. The van der Waals surface area contributed by atoms with Crippen molar-refractivity contribution < 1.29 is 24.2 Å². The minimum atomic E-state index is -0.0363. The van der Waals surface area contributed by atoms with Crippen LogP contribution in [0.5, 0.6) is 0 Å². The molecule has 0 rings (SSSR count). The molecule has 48 heavy (non-hydrogen) atoms. The largest absolute Gasteiger partial charge is 0.466 e. The molecule has 0 aliphatic carbocycles. The van der Waals surface area contributed by atoms with Gasteiger partial charge in [-0.1, -0.05) is 149 Å². The van der Waals surface area contributed by atoms with E-state index in [0.29, 0.717) is 19.4 Å². The number of nitrogens with zero attached hydrogens (tertiary/aromatic N) is 1. The predicted octanol–water partition coefficient (Wildman–Crippen LogP) is 11.9. The smallest absolute Gasteiger partial charge is 0.306 e. The first-order valence-corrected chi connectivity index (χ1v) is 21.3. The lowest BCUT2D eigenvalue weighted by atomic mass is 10.0. The van der Waals surface area contributed by atoms with Crippen molar-refractivity contribution in [2.45, 2.75) is 226 Å². The second-order valence-electron chi connectivity index (χ2n) is 14.5. The van der Waals surface area contributed by atoms with E-state index in [1.165, 1.54) is 109 Å². The Balaban J connectivity index is 3.97. The first kappa shape index (κ1) is 46.9. The fourth-order valence-electron chi connectivity index (χ4n) is 6.52. The van der Waals surface area contributed by atoms with Gasteiger partial charge in [-0.15, -0.1) is 0 Å². The molecule has 1 N–H and O–H groups in total. The molecule has 0 bridgehead atoms. The molecule has 0 saturated carbocycles. The third kappa shape index (κ3) is 34.7. The van der Waals surface area contributed by atoms with Crippen molar-refractivity contribution in [2.75, 3.05) is 32.8 Å². The van der Waals surface area contributed by atoms with Crippen LogP contribution in [0, 0.1) is 0 Å². The molecule has 6 heteroatoms. The topological polar surface area (TPSA) is 76.1 Å². The molecule has 0 fully saturated rings. The van der Waals surface area contributed by atoms with E-state index >= 15 is 0 Å². The fraction of sp³-hybridized carbons (Fsp3) is 0.952. The second kappa shape index (κ2) is 38.7. The van der Waals surface area contributed by atoms with E-state index in [-0.39, 0.29) is 24.6 Å². The Morgan fingerprint density at radius 1 is 0.479 bits per heavy atom. The van der Waals surface area contributed by atoms with Crippen LogP contribution in [0.3, 0.4) is 0 Å². The molecule has 0 heterocycles. The molecule has 0 aliphatic heterocycles. The molecule has 0 unspecified atom stereocenters. The lowest BCUT2D eigenvalue weighted by Gasteiger charge is -2.21. The van der Waals surface area contributed by atoms with Gasteiger partial charge in [0, 0.05) is 19.4 Å². The summed E-state index contributed by atoms with van der Waals surface area (Å²) in [5.74, 6) is -0.0232. The zero-order valence-corrected chi connectivity index (χ0v) is 32.6. The Morgan fingerprint density at radius 2 is 0.875 bits per heavy atom. The lowest BCUT2D eigenvalue weighted by molar-refractivity contribution is -0.150. The monoisotopic (exact) mass is 682 g/mol. The summed E-state index contributed by atoms with van der Waals surface area (Å²) in [6, 6.07) is 0. The van der Waals surface area contributed by atoms with E-state index in [4.69, 9.17) is 9.47 Å². The summed E-state index contributed by atoms with van der Waals surface area (Å²) in [5.41, 5.74) is 0. The molecule has 6 nitrogen and oxygen atoms in total. The van der Waals surface area contributed by atoms with Crippen LogP contribution >= 0.6 is 0 Å². The maximum Gasteiger partial charge on any atom is 0.306 e. The van der Waals surface area contributed by atoms with Crippen LogP contribution in [-0.4, -0.2) is 60.9 Å². The SMILES string of the molecule is CCCCCCCCC(CCCCCCCC)OC(=O)CCCCCCCN(CCO)CCCCCCCC(=O)OCCCCCCC. The van der Waals surface area contributed by atoms with Crippen LogP contribution in [0.1, 0.15) is 220 Å². The molecular formula is C42H83NO5. The van der Waals surface area contributed by atoms with E-state index in [2.05, 4.69) is 25.7 Å². The first-order chi connectivity index (χ1) is 23.6. The number of carbonyl (C=O) groups is 2. The van der Waals surface area contributed by atoms with Crippen LogP contribution in [0.4, 0.5) is 0 Å². The van der Waals surface area contributed by atoms with Gasteiger partial charge in [0.1, 0.15) is 6.10 Å². The van der Waals surface area contributed by atoms with Crippen molar-refractivity contribution in [3.63, 3.8) is 0 Å². The first-order valence-electron chi connectivity index (χ1n) is 21.3. The number of carbonyl (C=O) groups excluding carboxylic acids is 2. The van der Waals surface area contributed by atoms with Crippen molar-refractivity contribution in [1.82, 2.24) is 4.90 Å². The maximum atomic E-state index is 12.7. The second-order valence-corrected chi connectivity index (χ2v) is 14.5. The highest BCUT2D eigenvalue weighted by molar-refractivity contribution is 5.69. The third-order valence-electron chi connectivity index (χ3n) is 9.70. The lowest BCUT2D eigenvalue weighted by Crippen LogP contribution is -2.29. The van der Waals surface area contributed by atoms with Crippen molar-refractivity contribution in [1.29, 1.82) is 0 Å². The summed E-state index contributed by atoms with van der Waals surface area (Å²) in [6.45, 7) is 10.3. The Hall–Kier alpha value is -1.14. The van der Waals surface area contributed by atoms with Gasteiger partial charge in [0.25, 0.3) is 0 Å². The average Bonchev–Trinajstić information content (AvgIpc) is 3.08. The molecule has 0 spiro atoms. The molecule has 0 aliphatic rings. The van der Waals surface area contributed by atoms with Crippen LogP contribution in [-0.2, 0) is 19.1 Å². The number of hydrogen-bond donors (Lipinski definition) is 1. The highest BCUT2D eigenvalue weighted by Gasteiger charge is 2.14. The number of rotatable bonds is 39. The quantitative estimate of drug-likeness (QED) is 0.0514. The highest BCUT2D eigenvalue weighted by atomic mass is 16.5. The molecule has 0 aromatic rings. The van der Waals surface area contributed by atoms with E-state index in [1.807, 2.05) is 0 Å². The average molecular weight is 682 g/mol. The molecule has 286 valence electrons. The maximum absolute atomic E-state index is 12.7.